The number of hydrogen-bond donors (Lipinski definition) is 0. The molecular formula is C15H21N3O2S2. The van der Waals surface area contributed by atoms with Crippen LogP contribution in [0.15, 0.2) is 4.52 Å². The molecule has 2 aliphatic heterocycles. The minimum Gasteiger partial charge on any atom is -0.341 e. The first-order valence-corrected chi connectivity index (χ1v) is 10.3. The van der Waals surface area contributed by atoms with Crippen molar-refractivity contribution in [3.8, 4) is 0 Å². The Bertz CT molecular complexity index is 541. The summed E-state index contributed by atoms with van der Waals surface area (Å²) in [6.07, 6.45) is 4.44. The van der Waals surface area contributed by atoms with Crippen molar-refractivity contribution in [2.75, 3.05) is 30.3 Å². The number of amides is 1. The second-order valence-corrected chi connectivity index (χ2v) is 8.78. The maximum atomic E-state index is 12.7. The van der Waals surface area contributed by atoms with Gasteiger partial charge in [0.25, 0.3) is 0 Å². The molecule has 1 saturated carbocycles. The Morgan fingerprint density at radius 3 is 2.91 bits per heavy atom. The number of aromatic nitrogens is 2. The summed E-state index contributed by atoms with van der Waals surface area (Å²) in [5.41, 5.74) is 0. The number of nitrogens with zero attached hydrogens (tertiary/aromatic N) is 3. The van der Waals surface area contributed by atoms with Gasteiger partial charge in [0.05, 0.1) is 5.25 Å². The van der Waals surface area contributed by atoms with Gasteiger partial charge in [-0.2, -0.15) is 16.7 Å². The normalized spacial score (nSPS) is 29.5. The molecule has 0 radical (unpaired) electrons. The number of piperidine rings is 1. The van der Waals surface area contributed by atoms with Gasteiger partial charge in [0.1, 0.15) is 0 Å². The molecule has 4 rings (SSSR count). The zero-order valence-corrected chi connectivity index (χ0v) is 14.2. The number of hydrogen-bond acceptors (Lipinski definition) is 6. The number of thioether (sulfide) groups is 2. The van der Waals surface area contributed by atoms with Crippen LogP contribution in [0.1, 0.15) is 49.2 Å². The summed E-state index contributed by atoms with van der Waals surface area (Å²) in [6, 6.07) is 0. The van der Waals surface area contributed by atoms with Crippen LogP contribution in [0.3, 0.4) is 0 Å². The van der Waals surface area contributed by atoms with Crippen LogP contribution in [-0.4, -0.2) is 56.5 Å². The quantitative estimate of drug-likeness (QED) is 0.843. The maximum Gasteiger partial charge on any atom is 0.236 e. The van der Waals surface area contributed by atoms with Gasteiger partial charge in [0.15, 0.2) is 5.82 Å². The molecule has 1 aliphatic carbocycles. The Balaban J connectivity index is 1.40. The summed E-state index contributed by atoms with van der Waals surface area (Å²) >= 11 is 3.71. The molecule has 1 aromatic heterocycles. The molecule has 1 amide bonds. The highest BCUT2D eigenvalue weighted by Crippen LogP contribution is 2.39. The van der Waals surface area contributed by atoms with Crippen LogP contribution in [0.4, 0.5) is 0 Å². The van der Waals surface area contributed by atoms with E-state index in [0.717, 1.165) is 49.2 Å². The van der Waals surface area contributed by atoms with Crippen molar-refractivity contribution < 1.29 is 9.32 Å². The summed E-state index contributed by atoms with van der Waals surface area (Å²) in [5, 5.41) is 4.32. The van der Waals surface area contributed by atoms with Gasteiger partial charge in [-0.15, -0.1) is 11.8 Å². The van der Waals surface area contributed by atoms with E-state index in [2.05, 4.69) is 10.1 Å². The van der Waals surface area contributed by atoms with E-state index in [0.29, 0.717) is 11.8 Å². The van der Waals surface area contributed by atoms with E-state index in [9.17, 15) is 4.79 Å². The lowest BCUT2D eigenvalue weighted by Gasteiger charge is -2.34. The van der Waals surface area contributed by atoms with Crippen LogP contribution in [0.25, 0.3) is 0 Å². The van der Waals surface area contributed by atoms with Crippen LogP contribution >= 0.6 is 23.5 Å². The van der Waals surface area contributed by atoms with E-state index in [1.807, 2.05) is 28.4 Å². The third-order valence-electron chi connectivity index (χ3n) is 4.57. The zero-order valence-electron chi connectivity index (χ0n) is 12.6. The molecular weight excluding hydrogens is 318 g/mol. The van der Waals surface area contributed by atoms with Crippen LogP contribution in [0.2, 0.25) is 0 Å². The highest BCUT2D eigenvalue weighted by atomic mass is 32.2. The number of rotatable bonds is 3. The maximum absolute atomic E-state index is 12.7. The zero-order chi connectivity index (χ0) is 14.9. The van der Waals surface area contributed by atoms with Gasteiger partial charge in [-0.05, 0) is 25.7 Å². The molecule has 0 spiro atoms. The first-order chi connectivity index (χ1) is 10.8. The van der Waals surface area contributed by atoms with E-state index < -0.39 is 0 Å². The number of carbonyl (C=O) groups is 1. The van der Waals surface area contributed by atoms with Gasteiger partial charge >= 0.3 is 0 Å². The molecule has 2 atom stereocenters. The molecule has 120 valence electrons. The molecule has 22 heavy (non-hydrogen) atoms. The van der Waals surface area contributed by atoms with E-state index >= 15 is 0 Å². The molecule has 2 saturated heterocycles. The van der Waals surface area contributed by atoms with Crippen molar-refractivity contribution in [3.63, 3.8) is 0 Å². The lowest BCUT2D eigenvalue weighted by Crippen LogP contribution is -2.45. The number of carbonyl (C=O) groups excluding carboxylic acids is 1. The standard InChI is InChI=1S/C15H21N3O2S2/c19-15(12-9-21-6-7-22-12)18-5-1-2-11(8-18)13-16-14(20-17-13)10-3-4-10/h10-12H,1-9H2/t11-,12+/m1/s1. The summed E-state index contributed by atoms with van der Waals surface area (Å²) in [7, 11) is 0. The molecule has 7 heteroatoms. The fourth-order valence-corrected chi connectivity index (χ4v) is 5.76. The molecule has 0 aromatic carbocycles. The lowest BCUT2D eigenvalue weighted by molar-refractivity contribution is -0.131. The summed E-state index contributed by atoms with van der Waals surface area (Å²) in [4.78, 5) is 19.3. The Labute approximate surface area is 139 Å². The SMILES string of the molecule is O=C([C@@H]1CSCCS1)N1CCC[C@@H](c2noc(C3CC3)n2)C1. The van der Waals surface area contributed by atoms with E-state index in [4.69, 9.17) is 4.52 Å². The van der Waals surface area contributed by atoms with Crippen molar-refractivity contribution in [2.45, 2.75) is 42.8 Å². The van der Waals surface area contributed by atoms with Gasteiger partial charge in [-0.25, -0.2) is 0 Å². The lowest BCUT2D eigenvalue weighted by atomic mass is 9.97. The number of likely N-dealkylation sites (tertiary alicyclic amines) is 1. The minimum absolute atomic E-state index is 0.143. The summed E-state index contributed by atoms with van der Waals surface area (Å²) in [5.74, 6) is 5.89. The molecule has 1 aromatic rings. The summed E-state index contributed by atoms with van der Waals surface area (Å²) < 4.78 is 5.38. The smallest absolute Gasteiger partial charge is 0.236 e. The molecule has 3 heterocycles. The molecule has 0 unspecified atom stereocenters. The van der Waals surface area contributed by atoms with Crippen molar-refractivity contribution in [2.24, 2.45) is 0 Å². The predicted octanol–water partition coefficient (Wildman–Crippen LogP) is 2.50. The van der Waals surface area contributed by atoms with Gasteiger partial charge in [-0.1, -0.05) is 5.16 Å². The van der Waals surface area contributed by atoms with Gasteiger partial charge < -0.3 is 9.42 Å². The van der Waals surface area contributed by atoms with Gasteiger partial charge in [0, 0.05) is 42.2 Å². The highest BCUT2D eigenvalue weighted by molar-refractivity contribution is 8.07. The minimum atomic E-state index is 0.143. The third kappa shape index (κ3) is 3.15. The van der Waals surface area contributed by atoms with E-state index in [1.165, 1.54) is 18.6 Å². The summed E-state index contributed by atoms with van der Waals surface area (Å²) in [6.45, 7) is 1.63. The third-order valence-corrected chi connectivity index (χ3v) is 7.32. The monoisotopic (exact) mass is 339 g/mol. The molecule has 3 fully saturated rings. The second-order valence-electron chi connectivity index (χ2n) is 6.32. The van der Waals surface area contributed by atoms with Crippen LogP contribution in [0.5, 0.6) is 0 Å². The van der Waals surface area contributed by atoms with Crippen molar-refractivity contribution in [1.29, 1.82) is 0 Å². The second kappa shape index (κ2) is 6.43. The van der Waals surface area contributed by atoms with E-state index in [1.54, 1.807) is 0 Å². The Morgan fingerprint density at radius 2 is 2.14 bits per heavy atom. The fraction of sp³-hybridized carbons (Fsp3) is 0.800. The van der Waals surface area contributed by atoms with Crippen molar-refractivity contribution in [1.82, 2.24) is 15.0 Å². The van der Waals surface area contributed by atoms with Gasteiger partial charge in [-0.3, -0.25) is 4.79 Å². The highest BCUT2D eigenvalue weighted by Gasteiger charge is 2.34. The van der Waals surface area contributed by atoms with Crippen LogP contribution in [-0.2, 0) is 4.79 Å². The Morgan fingerprint density at radius 1 is 1.23 bits per heavy atom. The van der Waals surface area contributed by atoms with Gasteiger partial charge in [0.2, 0.25) is 11.8 Å². The molecule has 0 bridgehead atoms. The van der Waals surface area contributed by atoms with Crippen LogP contribution < -0.4 is 0 Å². The van der Waals surface area contributed by atoms with Crippen molar-refractivity contribution in [3.05, 3.63) is 11.7 Å². The Hall–Kier alpha value is -0.690. The first kappa shape index (κ1) is 14.9. The largest absolute Gasteiger partial charge is 0.341 e. The molecule has 3 aliphatic rings. The predicted molar refractivity (Wildman–Crippen MR) is 88.4 cm³/mol. The van der Waals surface area contributed by atoms with E-state index in [-0.39, 0.29) is 11.2 Å². The van der Waals surface area contributed by atoms with Crippen molar-refractivity contribution >= 4 is 29.4 Å². The topological polar surface area (TPSA) is 59.2 Å². The first-order valence-electron chi connectivity index (χ1n) is 8.13. The average molecular weight is 339 g/mol. The Kier molecular flexibility index (Phi) is 4.35. The molecule has 5 nitrogen and oxygen atoms in total. The fourth-order valence-electron chi connectivity index (χ4n) is 3.13. The van der Waals surface area contributed by atoms with Crippen LogP contribution in [0, 0.1) is 0 Å². The molecule has 0 N–H and O–H groups in total. The average Bonchev–Trinajstić information content (AvgIpc) is 3.32.